The first-order valence-electron chi connectivity index (χ1n) is 7.16. The van der Waals surface area contributed by atoms with Crippen LogP contribution in [0, 0.1) is 0 Å². The van der Waals surface area contributed by atoms with Crippen LogP contribution in [0.1, 0.15) is 46.5 Å². The predicted molar refractivity (Wildman–Crippen MR) is 73.7 cm³/mol. The molecular formula is C14H24N2O4. The van der Waals surface area contributed by atoms with Gasteiger partial charge in [-0.1, -0.05) is 0 Å². The molecule has 2 bridgehead atoms. The summed E-state index contributed by atoms with van der Waals surface area (Å²) >= 11 is 0. The van der Waals surface area contributed by atoms with Gasteiger partial charge in [0.2, 0.25) is 0 Å². The van der Waals surface area contributed by atoms with Crippen LogP contribution in [0.3, 0.4) is 0 Å². The van der Waals surface area contributed by atoms with Gasteiger partial charge in [0.25, 0.3) is 0 Å². The van der Waals surface area contributed by atoms with Crippen LogP contribution in [0.15, 0.2) is 0 Å². The second-order valence-electron chi connectivity index (χ2n) is 6.79. The molecule has 0 saturated carbocycles. The maximum atomic E-state index is 12.1. The molecular weight excluding hydrogens is 260 g/mol. The van der Waals surface area contributed by atoms with Crippen molar-refractivity contribution in [2.75, 3.05) is 7.05 Å². The summed E-state index contributed by atoms with van der Waals surface area (Å²) in [6.45, 7) is 5.53. The van der Waals surface area contributed by atoms with E-state index in [2.05, 4.69) is 0 Å². The summed E-state index contributed by atoms with van der Waals surface area (Å²) in [5, 5.41) is 9.23. The van der Waals surface area contributed by atoms with E-state index in [1.54, 1.807) is 16.8 Å². The largest absolute Gasteiger partial charge is 0.465 e. The Hall–Kier alpha value is -1.46. The smallest absolute Gasteiger partial charge is 0.410 e. The van der Waals surface area contributed by atoms with Crippen molar-refractivity contribution in [3.8, 4) is 0 Å². The van der Waals surface area contributed by atoms with Crippen molar-refractivity contribution >= 4 is 12.2 Å². The molecule has 0 aromatic rings. The summed E-state index contributed by atoms with van der Waals surface area (Å²) in [6.07, 6.45) is 2.05. The fourth-order valence-electron chi connectivity index (χ4n) is 3.26. The van der Waals surface area contributed by atoms with Gasteiger partial charge < -0.3 is 19.6 Å². The van der Waals surface area contributed by atoms with Gasteiger partial charge in [0.1, 0.15) is 5.60 Å². The lowest BCUT2D eigenvalue weighted by Crippen LogP contribution is -2.53. The molecule has 2 atom stereocenters. The van der Waals surface area contributed by atoms with Crippen molar-refractivity contribution in [1.29, 1.82) is 0 Å². The van der Waals surface area contributed by atoms with Gasteiger partial charge in [-0.05, 0) is 46.5 Å². The van der Waals surface area contributed by atoms with Crippen LogP contribution in [-0.4, -0.2) is 57.9 Å². The van der Waals surface area contributed by atoms with Crippen LogP contribution in [-0.2, 0) is 4.74 Å². The van der Waals surface area contributed by atoms with Crippen molar-refractivity contribution in [3.63, 3.8) is 0 Å². The Balaban J connectivity index is 1.99. The zero-order chi connectivity index (χ0) is 15.1. The zero-order valence-corrected chi connectivity index (χ0v) is 12.6. The second kappa shape index (κ2) is 5.14. The minimum atomic E-state index is -0.837. The summed E-state index contributed by atoms with van der Waals surface area (Å²) in [7, 11) is 1.74. The average molecular weight is 284 g/mol. The lowest BCUT2D eigenvalue weighted by Gasteiger charge is -2.40. The van der Waals surface area contributed by atoms with Crippen molar-refractivity contribution < 1.29 is 19.4 Å². The van der Waals surface area contributed by atoms with Gasteiger partial charge >= 0.3 is 12.2 Å². The topological polar surface area (TPSA) is 70.1 Å². The molecule has 2 saturated heterocycles. The van der Waals surface area contributed by atoms with E-state index in [1.807, 2.05) is 20.8 Å². The fraction of sp³-hybridized carbons (Fsp3) is 0.857. The molecule has 0 radical (unpaired) electrons. The Labute approximate surface area is 119 Å². The van der Waals surface area contributed by atoms with Crippen molar-refractivity contribution in [2.45, 2.75) is 70.2 Å². The van der Waals surface area contributed by atoms with E-state index in [-0.39, 0.29) is 24.2 Å². The summed E-state index contributed by atoms with van der Waals surface area (Å²) in [5.74, 6) is 0. The quantitative estimate of drug-likeness (QED) is 0.803. The normalized spacial score (nSPS) is 29.2. The molecule has 0 spiro atoms. The van der Waals surface area contributed by atoms with Gasteiger partial charge in [-0.25, -0.2) is 9.59 Å². The van der Waals surface area contributed by atoms with E-state index in [9.17, 15) is 14.7 Å². The minimum absolute atomic E-state index is 0.0427. The molecule has 2 heterocycles. The Morgan fingerprint density at radius 1 is 1.20 bits per heavy atom. The zero-order valence-electron chi connectivity index (χ0n) is 12.6. The lowest BCUT2D eigenvalue weighted by molar-refractivity contribution is 0.00950. The Kier molecular flexibility index (Phi) is 3.84. The third-order valence-electron chi connectivity index (χ3n) is 4.16. The van der Waals surface area contributed by atoms with Crippen LogP contribution < -0.4 is 0 Å². The number of ether oxygens (including phenoxy) is 1. The van der Waals surface area contributed by atoms with Crippen LogP contribution >= 0.6 is 0 Å². The Bertz CT molecular complexity index is 390. The maximum absolute atomic E-state index is 12.1. The van der Waals surface area contributed by atoms with Crippen LogP contribution in [0.4, 0.5) is 9.59 Å². The van der Waals surface area contributed by atoms with Gasteiger partial charge in [0.05, 0.1) is 0 Å². The van der Waals surface area contributed by atoms with Gasteiger partial charge in [-0.2, -0.15) is 0 Å². The van der Waals surface area contributed by atoms with Gasteiger partial charge in [-0.3, -0.25) is 0 Å². The van der Waals surface area contributed by atoms with Crippen molar-refractivity contribution in [2.24, 2.45) is 0 Å². The Morgan fingerprint density at radius 2 is 1.70 bits per heavy atom. The number of hydrogen-bond donors (Lipinski definition) is 1. The van der Waals surface area contributed by atoms with Crippen LogP contribution in [0.25, 0.3) is 0 Å². The summed E-state index contributed by atoms with van der Waals surface area (Å²) in [5.41, 5.74) is -0.508. The highest BCUT2D eigenvalue weighted by atomic mass is 16.6. The van der Waals surface area contributed by atoms with Gasteiger partial charge in [0, 0.05) is 25.2 Å². The van der Waals surface area contributed by atoms with Gasteiger partial charge in [-0.15, -0.1) is 0 Å². The number of nitrogens with zero attached hydrogens (tertiary/aromatic N) is 2. The first-order valence-corrected chi connectivity index (χ1v) is 7.16. The molecule has 2 fully saturated rings. The van der Waals surface area contributed by atoms with E-state index in [0.717, 1.165) is 12.8 Å². The highest BCUT2D eigenvalue weighted by molar-refractivity contribution is 5.69. The summed E-state index contributed by atoms with van der Waals surface area (Å²) in [6, 6.07) is 0.153. The summed E-state index contributed by atoms with van der Waals surface area (Å²) < 4.78 is 5.37. The molecule has 2 unspecified atom stereocenters. The third-order valence-corrected chi connectivity index (χ3v) is 4.16. The number of carboxylic acid groups (broad SMARTS) is 1. The number of carbonyl (C=O) groups is 2. The van der Waals surface area contributed by atoms with Crippen molar-refractivity contribution in [1.82, 2.24) is 9.80 Å². The number of piperidine rings is 1. The third kappa shape index (κ3) is 2.99. The molecule has 0 aromatic carbocycles. The number of amides is 2. The minimum Gasteiger partial charge on any atom is -0.465 e. The van der Waals surface area contributed by atoms with Crippen molar-refractivity contribution in [3.05, 3.63) is 0 Å². The SMILES string of the molecule is CN(C(=O)OC(C)(C)C)C1CC2CCC(C1)N2C(=O)O. The van der Waals surface area contributed by atoms with E-state index in [4.69, 9.17) is 4.74 Å². The first kappa shape index (κ1) is 14.9. The molecule has 20 heavy (non-hydrogen) atoms. The van der Waals surface area contributed by atoms with E-state index in [0.29, 0.717) is 12.8 Å². The molecule has 114 valence electrons. The summed E-state index contributed by atoms with van der Waals surface area (Å²) in [4.78, 5) is 26.5. The number of rotatable bonds is 1. The molecule has 6 heteroatoms. The average Bonchev–Trinajstić information content (AvgIpc) is 2.57. The fourth-order valence-corrected chi connectivity index (χ4v) is 3.26. The number of hydrogen-bond acceptors (Lipinski definition) is 3. The van der Waals surface area contributed by atoms with Crippen LogP contribution in [0.5, 0.6) is 0 Å². The molecule has 0 aromatic heterocycles. The lowest BCUT2D eigenvalue weighted by atomic mass is 9.97. The molecule has 2 aliphatic heterocycles. The predicted octanol–water partition coefficient (Wildman–Crippen LogP) is 2.53. The Morgan fingerprint density at radius 3 is 2.10 bits per heavy atom. The van der Waals surface area contributed by atoms with E-state index in [1.165, 1.54) is 0 Å². The second-order valence-corrected chi connectivity index (χ2v) is 6.79. The molecule has 2 aliphatic rings. The number of carbonyl (C=O) groups excluding carboxylic acids is 1. The monoisotopic (exact) mass is 284 g/mol. The molecule has 2 rings (SSSR count). The first-order chi connectivity index (χ1) is 9.19. The molecule has 1 N–H and O–H groups in total. The van der Waals surface area contributed by atoms with E-state index >= 15 is 0 Å². The molecule has 0 aliphatic carbocycles. The standard InChI is InChI=1S/C14H24N2O4/c1-14(2,3)20-13(19)15(4)11-7-9-5-6-10(8-11)16(9)12(17)18/h9-11H,5-8H2,1-4H3,(H,17,18). The molecule has 2 amide bonds. The molecule has 6 nitrogen and oxygen atoms in total. The highest BCUT2D eigenvalue weighted by Crippen LogP contribution is 2.37. The maximum Gasteiger partial charge on any atom is 0.410 e. The van der Waals surface area contributed by atoms with Crippen LogP contribution in [0.2, 0.25) is 0 Å². The van der Waals surface area contributed by atoms with Gasteiger partial charge in [0.15, 0.2) is 0 Å². The van der Waals surface area contributed by atoms with E-state index < -0.39 is 11.7 Å². The number of fused-ring (bicyclic) bond motifs is 2. The highest BCUT2D eigenvalue weighted by Gasteiger charge is 2.45.